The van der Waals surface area contributed by atoms with Crippen LogP contribution in [0.1, 0.15) is 20.7 Å². The predicted octanol–water partition coefficient (Wildman–Crippen LogP) is 4.07. The van der Waals surface area contributed by atoms with Gasteiger partial charge in [0, 0.05) is 0 Å². The molecule has 0 aliphatic carbocycles. The van der Waals surface area contributed by atoms with E-state index in [4.69, 9.17) is 0 Å². The number of anilines is 1. The molecule has 2 amide bonds. The van der Waals surface area contributed by atoms with Gasteiger partial charge in [0.2, 0.25) is 0 Å². The van der Waals surface area contributed by atoms with E-state index in [2.05, 4.69) is 31.9 Å². The van der Waals surface area contributed by atoms with Crippen LogP contribution in [-0.2, 0) is 0 Å². The maximum Gasteiger partial charge on any atom is 0.268 e. The molecule has 0 spiro atoms. The lowest BCUT2D eigenvalue weighted by Crippen LogP contribution is -2.29. The molecule has 0 saturated carbocycles. The van der Waals surface area contributed by atoms with E-state index in [0.29, 0.717) is 24.4 Å². The summed E-state index contributed by atoms with van der Waals surface area (Å²) in [6, 6.07) is 8.92. The third-order valence-electron chi connectivity index (χ3n) is 2.67. The zero-order chi connectivity index (χ0) is 12.9. The summed E-state index contributed by atoms with van der Waals surface area (Å²) in [5.74, 6) is -0.565. The van der Waals surface area contributed by atoms with Crippen molar-refractivity contribution in [2.24, 2.45) is 0 Å². The molecule has 3 rings (SSSR count). The van der Waals surface area contributed by atoms with E-state index in [-0.39, 0.29) is 11.8 Å². The van der Waals surface area contributed by atoms with Crippen molar-refractivity contribution in [3.05, 3.63) is 49.0 Å². The second-order valence-corrected chi connectivity index (χ2v) is 7.34. The van der Waals surface area contributed by atoms with Crippen LogP contribution < -0.4 is 4.90 Å². The molecule has 0 radical (unpaired) electrons. The Hall–Kier alpha value is -0.980. The van der Waals surface area contributed by atoms with Crippen molar-refractivity contribution >= 4 is 60.7 Å². The molecule has 0 unspecified atom stereocenters. The van der Waals surface area contributed by atoms with Crippen LogP contribution in [0.2, 0.25) is 0 Å². The molecule has 0 fully saturated rings. The largest absolute Gasteiger partial charge is 0.268 e. The summed E-state index contributed by atoms with van der Waals surface area (Å²) >= 11 is 7.99. The van der Waals surface area contributed by atoms with E-state index in [9.17, 15) is 9.59 Å². The predicted molar refractivity (Wildman–Crippen MR) is 77.3 cm³/mol. The molecule has 0 atom stereocenters. The van der Waals surface area contributed by atoms with Crippen LogP contribution in [0.5, 0.6) is 0 Å². The van der Waals surface area contributed by atoms with Gasteiger partial charge in [-0.2, -0.15) is 0 Å². The van der Waals surface area contributed by atoms with Crippen LogP contribution in [-0.4, -0.2) is 11.8 Å². The Kier molecular flexibility index (Phi) is 2.88. The number of rotatable bonds is 1. The van der Waals surface area contributed by atoms with Gasteiger partial charge < -0.3 is 0 Å². The SMILES string of the molecule is O=C1c2c(Br)sc(Br)c2C(=O)N1c1ccccc1. The molecule has 1 aliphatic rings. The van der Waals surface area contributed by atoms with E-state index < -0.39 is 0 Å². The molecule has 0 N–H and O–H groups in total. The highest BCUT2D eigenvalue weighted by Crippen LogP contribution is 2.43. The number of hydrogen-bond acceptors (Lipinski definition) is 3. The monoisotopic (exact) mass is 385 g/mol. The first-order valence-corrected chi connectivity index (χ1v) is 7.43. The van der Waals surface area contributed by atoms with E-state index >= 15 is 0 Å². The molecule has 1 aromatic heterocycles. The summed E-state index contributed by atoms with van der Waals surface area (Å²) in [6.07, 6.45) is 0. The molecular formula is C12H5Br2NO2S. The van der Waals surface area contributed by atoms with E-state index in [1.807, 2.05) is 6.07 Å². The first-order chi connectivity index (χ1) is 8.61. The Labute approximate surface area is 124 Å². The highest BCUT2D eigenvalue weighted by molar-refractivity contribution is 9.12. The lowest BCUT2D eigenvalue weighted by Gasteiger charge is -2.13. The third-order valence-corrected chi connectivity index (χ3v) is 5.20. The summed E-state index contributed by atoms with van der Waals surface area (Å²) in [6.45, 7) is 0. The van der Waals surface area contributed by atoms with E-state index in [1.165, 1.54) is 16.2 Å². The molecule has 2 heterocycles. The van der Waals surface area contributed by atoms with Gasteiger partial charge in [0.1, 0.15) is 0 Å². The topological polar surface area (TPSA) is 37.4 Å². The molecule has 90 valence electrons. The number of benzene rings is 1. The third kappa shape index (κ3) is 1.60. The summed E-state index contributed by atoms with van der Waals surface area (Å²) in [4.78, 5) is 25.8. The first kappa shape index (κ1) is 12.1. The number of imide groups is 1. The molecular weight excluding hydrogens is 382 g/mol. The lowest BCUT2D eigenvalue weighted by molar-refractivity contribution is 0.0925. The minimum Gasteiger partial charge on any atom is -0.268 e. The van der Waals surface area contributed by atoms with Gasteiger partial charge >= 0.3 is 0 Å². The Morgan fingerprint density at radius 2 is 1.39 bits per heavy atom. The molecule has 0 bridgehead atoms. The molecule has 2 aromatic rings. The van der Waals surface area contributed by atoms with Crippen LogP contribution in [0, 0.1) is 0 Å². The Balaban J connectivity index is 2.17. The number of carbonyl (C=O) groups excluding carboxylic acids is 2. The van der Waals surface area contributed by atoms with Gasteiger partial charge in [0.05, 0.1) is 24.4 Å². The smallest absolute Gasteiger partial charge is 0.268 e. The van der Waals surface area contributed by atoms with Gasteiger partial charge in [-0.15, -0.1) is 11.3 Å². The summed E-state index contributed by atoms with van der Waals surface area (Å²) in [5.41, 5.74) is 1.48. The van der Waals surface area contributed by atoms with E-state index in [0.717, 1.165) is 0 Å². The molecule has 1 aromatic carbocycles. The quantitative estimate of drug-likeness (QED) is 0.692. The summed E-state index contributed by atoms with van der Waals surface area (Å²) in [5, 5.41) is 0. The average molecular weight is 387 g/mol. The van der Waals surface area contributed by atoms with Crippen molar-refractivity contribution in [2.45, 2.75) is 0 Å². The zero-order valence-corrected chi connectivity index (χ0v) is 12.8. The number of thiophene rings is 1. The lowest BCUT2D eigenvalue weighted by atomic mass is 10.2. The number of nitrogens with zero attached hydrogens (tertiary/aromatic N) is 1. The first-order valence-electron chi connectivity index (χ1n) is 5.03. The number of amides is 2. The number of para-hydroxylation sites is 1. The van der Waals surface area contributed by atoms with Crippen molar-refractivity contribution in [2.75, 3.05) is 4.90 Å². The fourth-order valence-corrected chi connectivity index (χ4v) is 4.99. The second kappa shape index (κ2) is 4.29. The van der Waals surface area contributed by atoms with E-state index in [1.54, 1.807) is 24.3 Å². The number of hydrogen-bond donors (Lipinski definition) is 0. The molecule has 18 heavy (non-hydrogen) atoms. The molecule has 3 nitrogen and oxygen atoms in total. The molecule has 6 heteroatoms. The Morgan fingerprint density at radius 1 is 0.889 bits per heavy atom. The maximum absolute atomic E-state index is 12.3. The molecule has 1 aliphatic heterocycles. The zero-order valence-electron chi connectivity index (χ0n) is 8.81. The normalized spacial score (nSPS) is 14.2. The van der Waals surface area contributed by atoms with Gasteiger partial charge in [0.25, 0.3) is 11.8 Å². The van der Waals surface area contributed by atoms with Crippen molar-refractivity contribution < 1.29 is 9.59 Å². The Bertz CT molecular complexity index is 630. The van der Waals surface area contributed by atoms with Crippen molar-refractivity contribution in [3.63, 3.8) is 0 Å². The maximum atomic E-state index is 12.3. The van der Waals surface area contributed by atoms with Gasteiger partial charge in [-0.25, -0.2) is 4.90 Å². The van der Waals surface area contributed by atoms with Gasteiger partial charge in [-0.1, -0.05) is 18.2 Å². The number of halogens is 2. The van der Waals surface area contributed by atoms with Crippen LogP contribution in [0.25, 0.3) is 0 Å². The van der Waals surface area contributed by atoms with Crippen LogP contribution in [0.4, 0.5) is 5.69 Å². The van der Waals surface area contributed by atoms with Gasteiger partial charge in [-0.3, -0.25) is 9.59 Å². The van der Waals surface area contributed by atoms with Crippen molar-refractivity contribution in [3.8, 4) is 0 Å². The minimum atomic E-state index is -0.282. The number of fused-ring (bicyclic) bond motifs is 1. The van der Waals surface area contributed by atoms with Gasteiger partial charge in [-0.05, 0) is 44.0 Å². The average Bonchev–Trinajstić information content (AvgIpc) is 2.79. The van der Waals surface area contributed by atoms with Gasteiger partial charge in [0.15, 0.2) is 0 Å². The second-order valence-electron chi connectivity index (χ2n) is 3.68. The standard InChI is InChI=1S/C12H5Br2NO2S/c13-9-7-8(10(14)18-9)12(17)15(11(7)16)6-4-2-1-3-5-6/h1-5H. The number of carbonyl (C=O) groups is 2. The highest BCUT2D eigenvalue weighted by atomic mass is 79.9. The fraction of sp³-hybridized carbons (Fsp3) is 0. The Morgan fingerprint density at radius 3 is 1.89 bits per heavy atom. The minimum absolute atomic E-state index is 0.282. The fourth-order valence-electron chi connectivity index (χ4n) is 1.89. The van der Waals surface area contributed by atoms with Crippen LogP contribution in [0.3, 0.4) is 0 Å². The summed E-state index contributed by atoms with van der Waals surface area (Å²) in [7, 11) is 0. The van der Waals surface area contributed by atoms with Crippen molar-refractivity contribution in [1.82, 2.24) is 0 Å². The van der Waals surface area contributed by atoms with Crippen LogP contribution in [0.15, 0.2) is 37.9 Å². The van der Waals surface area contributed by atoms with Crippen molar-refractivity contribution in [1.29, 1.82) is 0 Å². The molecule has 0 saturated heterocycles. The summed E-state index contributed by atoms with van der Waals surface area (Å²) < 4.78 is 1.36. The highest BCUT2D eigenvalue weighted by Gasteiger charge is 2.41. The van der Waals surface area contributed by atoms with Crippen LogP contribution >= 0.6 is 43.2 Å².